The summed E-state index contributed by atoms with van der Waals surface area (Å²) in [5, 5.41) is 3.48. The lowest BCUT2D eigenvalue weighted by molar-refractivity contribution is 0.146. The van der Waals surface area contributed by atoms with E-state index >= 15 is 0 Å². The Bertz CT molecular complexity index is 419. The van der Waals surface area contributed by atoms with Gasteiger partial charge < -0.3 is 14.8 Å². The van der Waals surface area contributed by atoms with E-state index in [0.717, 1.165) is 16.1 Å². The normalized spacial score (nSPS) is 17.4. The molecule has 0 aromatic heterocycles. The van der Waals surface area contributed by atoms with Gasteiger partial charge in [0.05, 0.1) is 11.1 Å². The van der Waals surface area contributed by atoms with E-state index in [1.807, 2.05) is 6.07 Å². The number of benzene rings is 1. The quantitative estimate of drug-likeness (QED) is 0.762. The Labute approximate surface area is 130 Å². The zero-order chi connectivity index (χ0) is 14.4. The summed E-state index contributed by atoms with van der Waals surface area (Å²) in [7, 11) is 3.74. The van der Waals surface area contributed by atoms with E-state index in [0.29, 0.717) is 19.3 Å². The van der Waals surface area contributed by atoms with Crippen molar-refractivity contribution in [3.8, 4) is 5.75 Å². The predicted octanol–water partition coefficient (Wildman–Crippen LogP) is 3.93. The lowest BCUT2D eigenvalue weighted by atomic mass is 9.92. The summed E-state index contributed by atoms with van der Waals surface area (Å²) in [6.07, 6.45) is 5.38. The molecule has 0 aliphatic heterocycles. The molecular formula is C16H24BrNO2. The van der Waals surface area contributed by atoms with Gasteiger partial charge in [-0.25, -0.2) is 0 Å². The van der Waals surface area contributed by atoms with Crippen LogP contribution in [0.2, 0.25) is 0 Å². The molecule has 1 N–H and O–H groups in total. The molecule has 0 heterocycles. The van der Waals surface area contributed by atoms with Gasteiger partial charge in [0.1, 0.15) is 12.4 Å². The second-order valence-corrected chi connectivity index (χ2v) is 6.20. The van der Waals surface area contributed by atoms with Gasteiger partial charge in [0, 0.05) is 13.2 Å². The van der Waals surface area contributed by atoms with E-state index in [-0.39, 0.29) is 0 Å². The lowest BCUT2D eigenvalue weighted by Crippen LogP contribution is -2.23. The van der Waals surface area contributed by atoms with E-state index in [2.05, 4.69) is 40.4 Å². The zero-order valence-electron chi connectivity index (χ0n) is 12.3. The first-order chi connectivity index (χ1) is 9.76. The van der Waals surface area contributed by atoms with Gasteiger partial charge in [0.25, 0.3) is 0 Å². The Hall–Kier alpha value is -0.580. The summed E-state index contributed by atoms with van der Waals surface area (Å²) in [6.45, 7) is 1.18. The number of rotatable bonds is 7. The van der Waals surface area contributed by atoms with Crippen LogP contribution in [-0.4, -0.2) is 27.4 Å². The number of nitrogens with one attached hydrogen (secondary N) is 1. The van der Waals surface area contributed by atoms with Crippen molar-refractivity contribution in [3.05, 3.63) is 28.2 Å². The summed E-state index contributed by atoms with van der Waals surface area (Å²) < 4.78 is 11.7. The molecule has 1 fully saturated rings. The first-order valence-electron chi connectivity index (χ1n) is 7.34. The molecule has 4 heteroatoms. The zero-order valence-corrected chi connectivity index (χ0v) is 13.9. The van der Waals surface area contributed by atoms with Crippen LogP contribution in [0.5, 0.6) is 5.75 Å². The average molecular weight is 342 g/mol. The Morgan fingerprint density at radius 3 is 2.65 bits per heavy atom. The maximum atomic E-state index is 5.68. The number of hydrogen-bond acceptors (Lipinski definition) is 3. The van der Waals surface area contributed by atoms with E-state index in [1.54, 1.807) is 7.11 Å². The number of hydrogen-bond donors (Lipinski definition) is 1. The summed E-state index contributed by atoms with van der Waals surface area (Å²) in [6, 6.07) is 6.85. The van der Waals surface area contributed by atoms with Crippen molar-refractivity contribution in [1.29, 1.82) is 0 Å². The average Bonchev–Trinajstić information content (AvgIpc) is 2.96. The van der Waals surface area contributed by atoms with Crippen molar-refractivity contribution in [2.24, 2.45) is 5.92 Å². The second kappa shape index (κ2) is 8.01. The van der Waals surface area contributed by atoms with Crippen molar-refractivity contribution in [3.63, 3.8) is 0 Å². The van der Waals surface area contributed by atoms with Gasteiger partial charge in [-0.2, -0.15) is 0 Å². The molecule has 0 bridgehead atoms. The molecule has 0 spiro atoms. The van der Waals surface area contributed by atoms with Crippen LogP contribution >= 0.6 is 15.9 Å². The maximum Gasteiger partial charge on any atom is 0.133 e. The Morgan fingerprint density at radius 1 is 1.30 bits per heavy atom. The molecule has 1 unspecified atom stereocenters. The standard InChI is InChI=1S/C16H24BrNO2/c1-18-16(12-5-3-4-6-12)13-7-8-15(14(17)11-13)20-10-9-19-2/h7-8,11-12,16,18H,3-6,9-10H2,1-2H3. The van der Waals surface area contributed by atoms with Crippen LogP contribution in [0, 0.1) is 5.92 Å². The molecule has 1 aliphatic carbocycles. The van der Waals surface area contributed by atoms with E-state index in [4.69, 9.17) is 9.47 Å². The van der Waals surface area contributed by atoms with Crippen LogP contribution in [0.25, 0.3) is 0 Å². The molecular weight excluding hydrogens is 318 g/mol. The molecule has 1 saturated carbocycles. The Balaban J connectivity index is 2.06. The predicted molar refractivity (Wildman–Crippen MR) is 85.3 cm³/mol. The monoisotopic (exact) mass is 341 g/mol. The van der Waals surface area contributed by atoms with Crippen LogP contribution in [0.15, 0.2) is 22.7 Å². The fourth-order valence-electron chi connectivity index (χ4n) is 3.03. The van der Waals surface area contributed by atoms with Gasteiger partial charge in [0.2, 0.25) is 0 Å². The number of halogens is 1. The van der Waals surface area contributed by atoms with Crippen LogP contribution in [-0.2, 0) is 4.74 Å². The third-order valence-electron chi connectivity index (χ3n) is 4.04. The molecule has 112 valence electrons. The number of ether oxygens (including phenoxy) is 2. The second-order valence-electron chi connectivity index (χ2n) is 5.34. The summed E-state index contributed by atoms with van der Waals surface area (Å²) >= 11 is 3.61. The minimum atomic E-state index is 0.446. The minimum Gasteiger partial charge on any atom is -0.490 e. The van der Waals surface area contributed by atoms with E-state index in [1.165, 1.54) is 31.2 Å². The third kappa shape index (κ3) is 3.96. The van der Waals surface area contributed by atoms with Crippen molar-refractivity contribution >= 4 is 15.9 Å². The highest BCUT2D eigenvalue weighted by molar-refractivity contribution is 9.10. The van der Waals surface area contributed by atoms with Gasteiger partial charge in [-0.1, -0.05) is 18.9 Å². The smallest absolute Gasteiger partial charge is 0.133 e. The highest BCUT2D eigenvalue weighted by Crippen LogP contribution is 2.37. The summed E-state index contributed by atoms with van der Waals surface area (Å²) in [5.74, 6) is 1.64. The summed E-state index contributed by atoms with van der Waals surface area (Å²) in [4.78, 5) is 0. The minimum absolute atomic E-state index is 0.446. The summed E-state index contributed by atoms with van der Waals surface area (Å²) in [5.41, 5.74) is 1.34. The van der Waals surface area contributed by atoms with Gasteiger partial charge in [-0.05, 0) is 59.4 Å². The molecule has 1 aromatic carbocycles. The van der Waals surface area contributed by atoms with E-state index in [9.17, 15) is 0 Å². The lowest BCUT2D eigenvalue weighted by Gasteiger charge is -2.24. The molecule has 1 aliphatic rings. The highest BCUT2D eigenvalue weighted by atomic mass is 79.9. The van der Waals surface area contributed by atoms with Crippen LogP contribution in [0.3, 0.4) is 0 Å². The molecule has 2 rings (SSSR count). The molecule has 0 radical (unpaired) electrons. The van der Waals surface area contributed by atoms with Crippen LogP contribution in [0.4, 0.5) is 0 Å². The first-order valence-corrected chi connectivity index (χ1v) is 8.14. The largest absolute Gasteiger partial charge is 0.490 e. The maximum absolute atomic E-state index is 5.68. The fraction of sp³-hybridized carbons (Fsp3) is 0.625. The van der Waals surface area contributed by atoms with E-state index < -0.39 is 0 Å². The molecule has 1 atom stereocenters. The molecule has 3 nitrogen and oxygen atoms in total. The van der Waals surface area contributed by atoms with Crippen LogP contribution in [0.1, 0.15) is 37.3 Å². The van der Waals surface area contributed by atoms with Gasteiger partial charge in [-0.3, -0.25) is 0 Å². The SMILES string of the molecule is CNC(c1ccc(OCCOC)c(Br)c1)C1CCCC1. The van der Waals surface area contributed by atoms with Crippen molar-refractivity contribution < 1.29 is 9.47 Å². The highest BCUT2D eigenvalue weighted by Gasteiger charge is 2.25. The van der Waals surface area contributed by atoms with Crippen molar-refractivity contribution in [1.82, 2.24) is 5.32 Å². The van der Waals surface area contributed by atoms with Crippen LogP contribution < -0.4 is 10.1 Å². The van der Waals surface area contributed by atoms with Gasteiger partial charge in [-0.15, -0.1) is 0 Å². The topological polar surface area (TPSA) is 30.5 Å². The molecule has 0 saturated heterocycles. The molecule has 1 aromatic rings. The molecule has 20 heavy (non-hydrogen) atoms. The first kappa shape index (κ1) is 15.8. The Morgan fingerprint density at radius 2 is 2.05 bits per heavy atom. The van der Waals surface area contributed by atoms with Crippen molar-refractivity contribution in [2.45, 2.75) is 31.7 Å². The third-order valence-corrected chi connectivity index (χ3v) is 4.66. The van der Waals surface area contributed by atoms with Gasteiger partial charge in [0.15, 0.2) is 0 Å². The molecule has 0 amide bonds. The number of methoxy groups -OCH3 is 1. The van der Waals surface area contributed by atoms with Gasteiger partial charge >= 0.3 is 0 Å². The van der Waals surface area contributed by atoms with Crippen molar-refractivity contribution in [2.75, 3.05) is 27.4 Å². The fourth-order valence-corrected chi connectivity index (χ4v) is 3.54. The Kier molecular flexibility index (Phi) is 6.33.